The Labute approximate surface area is 176 Å². The molecule has 5 nitrogen and oxygen atoms in total. The van der Waals surface area contributed by atoms with E-state index in [4.69, 9.17) is 4.74 Å². The summed E-state index contributed by atoms with van der Waals surface area (Å²) in [6.45, 7) is 2.13. The fourth-order valence-electron chi connectivity index (χ4n) is 3.69. The van der Waals surface area contributed by atoms with Gasteiger partial charge in [0, 0.05) is 37.3 Å². The number of carbonyl (C=O) groups is 2. The summed E-state index contributed by atoms with van der Waals surface area (Å²) in [5.41, 5.74) is 3.31. The average Bonchev–Trinajstić information content (AvgIpc) is 2.84. The summed E-state index contributed by atoms with van der Waals surface area (Å²) in [7, 11) is 1.64. The highest BCUT2D eigenvalue weighted by atomic mass is 16.5. The van der Waals surface area contributed by atoms with Crippen LogP contribution in [0.2, 0.25) is 0 Å². The smallest absolute Gasteiger partial charge is 0.253 e. The van der Waals surface area contributed by atoms with Crippen LogP contribution in [-0.2, 0) is 0 Å². The molecule has 0 atom stereocenters. The van der Waals surface area contributed by atoms with Crippen LogP contribution in [-0.4, -0.2) is 54.9 Å². The van der Waals surface area contributed by atoms with E-state index in [0.717, 1.165) is 16.9 Å². The predicted octanol–water partition coefficient (Wildman–Crippen LogP) is 3.96. The molecule has 3 aromatic carbocycles. The zero-order chi connectivity index (χ0) is 20.9. The van der Waals surface area contributed by atoms with Crippen molar-refractivity contribution >= 4 is 11.8 Å². The molecular formula is C25H24N2O3. The third kappa shape index (κ3) is 4.20. The third-order valence-corrected chi connectivity index (χ3v) is 5.39. The van der Waals surface area contributed by atoms with E-state index >= 15 is 0 Å². The van der Waals surface area contributed by atoms with Gasteiger partial charge in [-0.1, -0.05) is 42.5 Å². The van der Waals surface area contributed by atoms with Gasteiger partial charge in [0.2, 0.25) is 0 Å². The average molecular weight is 400 g/mol. The standard InChI is InChI=1S/C25H24N2O3/c1-30-23-12-6-10-21(18-23)20-9-5-11-22(17-20)25(29)27-15-13-26(14-16-27)24(28)19-7-3-2-4-8-19/h2-12,17-18H,13-16H2,1H3. The van der Waals surface area contributed by atoms with Gasteiger partial charge in [0.25, 0.3) is 11.8 Å². The minimum absolute atomic E-state index is 0.00782. The number of hydrogen-bond acceptors (Lipinski definition) is 3. The summed E-state index contributed by atoms with van der Waals surface area (Å²) in [4.78, 5) is 29.3. The zero-order valence-corrected chi connectivity index (χ0v) is 17.0. The Kier molecular flexibility index (Phi) is 5.80. The fourth-order valence-corrected chi connectivity index (χ4v) is 3.69. The van der Waals surface area contributed by atoms with E-state index in [-0.39, 0.29) is 11.8 Å². The summed E-state index contributed by atoms with van der Waals surface area (Å²) in [6.07, 6.45) is 0. The first-order chi connectivity index (χ1) is 14.7. The highest BCUT2D eigenvalue weighted by Gasteiger charge is 2.25. The molecule has 0 spiro atoms. The minimum atomic E-state index is -0.00782. The molecule has 1 heterocycles. The molecule has 0 N–H and O–H groups in total. The maximum atomic E-state index is 13.1. The van der Waals surface area contributed by atoms with Crippen LogP contribution in [0.1, 0.15) is 20.7 Å². The third-order valence-electron chi connectivity index (χ3n) is 5.39. The monoisotopic (exact) mass is 400 g/mol. The lowest BCUT2D eigenvalue weighted by atomic mass is 10.0. The van der Waals surface area contributed by atoms with Crippen molar-refractivity contribution in [2.24, 2.45) is 0 Å². The topological polar surface area (TPSA) is 49.9 Å². The number of amides is 2. The van der Waals surface area contributed by atoms with E-state index in [9.17, 15) is 9.59 Å². The number of benzene rings is 3. The molecule has 0 unspecified atom stereocenters. The number of carbonyl (C=O) groups excluding carboxylic acids is 2. The van der Waals surface area contributed by atoms with Gasteiger partial charge in [0.05, 0.1) is 7.11 Å². The number of rotatable bonds is 4. The number of piperazine rings is 1. The summed E-state index contributed by atoms with van der Waals surface area (Å²) in [5, 5.41) is 0. The van der Waals surface area contributed by atoms with E-state index in [0.29, 0.717) is 37.3 Å². The van der Waals surface area contributed by atoms with Crippen LogP contribution in [0.5, 0.6) is 5.75 Å². The maximum Gasteiger partial charge on any atom is 0.253 e. The molecule has 1 aliphatic heterocycles. The first kappa shape index (κ1) is 19.7. The van der Waals surface area contributed by atoms with Gasteiger partial charge in [-0.05, 0) is 47.5 Å². The predicted molar refractivity (Wildman–Crippen MR) is 117 cm³/mol. The van der Waals surface area contributed by atoms with Gasteiger partial charge in [0.1, 0.15) is 5.75 Å². The maximum absolute atomic E-state index is 13.1. The minimum Gasteiger partial charge on any atom is -0.497 e. The first-order valence-electron chi connectivity index (χ1n) is 10.0. The van der Waals surface area contributed by atoms with Crippen molar-refractivity contribution in [1.82, 2.24) is 9.80 Å². The Hall–Kier alpha value is -3.60. The molecule has 30 heavy (non-hydrogen) atoms. The zero-order valence-electron chi connectivity index (χ0n) is 17.0. The van der Waals surface area contributed by atoms with Crippen LogP contribution >= 0.6 is 0 Å². The largest absolute Gasteiger partial charge is 0.497 e. The molecule has 0 bridgehead atoms. The van der Waals surface area contributed by atoms with Crippen molar-refractivity contribution in [3.63, 3.8) is 0 Å². The van der Waals surface area contributed by atoms with Gasteiger partial charge in [-0.3, -0.25) is 9.59 Å². The summed E-state index contributed by atoms with van der Waals surface area (Å²) in [6, 6.07) is 24.7. The second kappa shape index (κ2) is 8.82. The number of nitrogens with zero attached hydrogens (tertiary/aromatic N) is 2. The van der Waals surface area contributed by atoms with Gasteiger partial charge < -0.3 is 14.5 Å². The van der Waals surface area contributed by atoms with Crippen molar-refractivity contribution in [2.45, 2.75) is 0 Å². The molecule has 152 valence electrons. The van der Waals surface area contributed by atoms with Crippen LogP contribution in [0.4, 0.5) is 0 Å². The Bertz CT molecular complexity index is 1040. The SMILES string of the molecule is COc1cccc(-c2cccc(C(=O)N3CCN(C(=O)c4ccccc4)CC3)c2)c1. The molecule has 1 fully saturated rings. The molecule has 3 aromatic rings. The Morgan fingerprint density at radius 3 is 1.83 bits per heavy atom. The molecule has 5 heteroatoms. The summed E-state index contributed by atoms with van der Waals surface area (Å²) >= 11 is 0. The highest BCUT2D eigenvalue weighted by Crippen LogP contribution is 2.25. The van der Waals surface area contributed by atoms with Gasteiger partial charge in [-0.25, -0.2) is 0 Å². The van der Waals surface area contributed by atoms with Crippen molar-refractivity contribution in [3.05, 3.63) is 90.0 Å². The summed E-state index contributed by atoms with van der Waals surface area (Å²) in [5.74, 6) is 0.790. The lowest BCUT2D eigenvalue weighted by molar-refractivity contribution is 0.0535. The van der Waals surface area contributed by atoms with E-state index in [1.165, 1.54) is 0 Å². The normalized spacial score (nSPS) is 13.8. The van der Waals surface area contributed by atoms with Gasteiger partial charge in [0.15, 0.2) is 0 Å². The number of ether oxygens (including phenoxy) is 1. The van der Waals surface area contributed by atoms with Crippen LogP contribution in [0.15, 0.2) is 78.9 Å². The lowest BCUT2D eigenvalue weighted by Crippen LogP contribution is -2.50. The van der Waals surface area contributed by atoms with Gasteiger partial charge in [-0.15, -0.1) is 0 Å². The molecule has 2 amide bonds. The molecule has 1 aliphatic rings. The Morgan fingerprint density at radius 2 is 1.20 bits per heavy atom. The number of methoxy groups -OCH3 is 1. The van der Waals surface area contributed by atoms with Crippen molar-refractivity contribution in [1.29, 1.82) is 0 Å². The van der Waals surface area contributed by atoms with Gasteiger partial charge >= 0.3 is 0 Å². The molecule has 0 saturated carbocycles. The number of hydrogen-bond donors (Lipinski definition) is 0. The Balaban J connectivity index is 1.44. The molecule has 0 aliphatic carbocycles. The van der Waals surface area contributed by atoms with Gasteiger partial charge in [-0.2, -0.15) is 0 Å². The quantitative estimate of drug-likeness (QED) is 0.666. The molecule has 0 aromatic heterocycles. The van der Waals surface area contributed by atoms with E-state index < -0.39 is 0 Å². The van der Waals surface area contributed by atoms with Crippen molar-refractivity contribution in [2.75, 3.05) is 33.3 Å². The molecule has 0 radical (unpaired) electrons. The first-order valence-corrected chi connectivity index (χ1v) is 10.0. The van der Waals surface area contributed by atoms with E-state index in [1.807, 2.05) is 88.7 Å². The molecule has 1 saturated heterocycles. The van der Waals surface area contributed by atoms with Crippen LogP contribution in [0.25, 0.3) is 11.1 Å². The second-order valence-electron chi connectivity index (χ2n) is 7.26. The second-order valence-corrected chi connectivity index (χ2v) is 7.26. The highest BCUT2D eigenvalue weighted by molar-refractivity contribution is 5.96. The summed E-state index contributed by atoms with van der Waals surface area (Å²) < 4.78 is 5.30. The molecular weight excluding hydrogens is 376 g/mol. The molecule has 4 rings (SSSR count). The van der Waals surface area contributed by atoms with E-state index in [2.05, 4.69) is 0 Å². The fraction of sp³-hybridized carbons (Fsp3) is 0.200. The Morgan fingerprint density at radius 1 is 0.667 bits per heavy atom. The van der Waals surface area contributed by atoms with Crippen LogP contribution in [0.3, 0.4) is 0 Å². The lowest BCUT2D eigenvalue weighted by Gasteiger charge is -2.35. The van der Waals surface area contributed by atoms with E-state index in [1.54, 1.807) is 7.11 Å². The van der Waals surface area contributed by atoms with Crippen molar-refractivity contribution < 1.29 is 14.3 Å². The van der Waals surface area contributed by atoms with Crippen molar-refractivity contribution in [3.8, 4) is 16.9 Å². The van der Waals surface area contributed by atoms with Crippen LogP contribution in [0, 0.1) is 0 Å². The van der Waals surface area contributed by atoms with Crippen LogP contribution < -0.4 is 4.74 Å².